The monoisotopic (exact) mass is 505 g/mol. The van der Waals surface area contributed by atoms with Crippen molar-refractivity contribution in [2.24, 2.45) is 0 Å². The van der Waals surface area contributed by atoms with Crippen LogP contribution in [0.5, 0.6) is 0 Å². The molecule has 1 fully saturated rings. The van der Waals surface area contributed by atoms with Crippen molar-refractivity contribution >= 4 is 21.2 Å². The van der Waals surface area contributed by atoms with Gasteiger partial charge in [-0.25, -0.2) is 8.42 Å². The largest absolute Gasteiger partial charge is 0.244 e. The van der Waals surface area contributed by atoms with Crippen LogP contribution in [-0.2, 0) is 15.6 Å². The van der Waals surface area contributed by atoms with Gasteiger partial charge >= 0.3 is 0 Å². The third-order valence-corrected chi connectivity index (χ3v) is 9.84. The van der Waals surface area contributed by atoms with Gasteiger partial charge in [-0.05, 0) is 84.7 Å². The second-order valence-corrected chi connectivity index (χ2v) is 12.2. The highest BCUT2D eigenvalue weighted by Gasteiger charge is 2.56. The normalized spacial score (nSPS) is 19.5. The van der Waals surface area contributed by atoms with Gasteiger partial charge < -0.3 is 0 Å². The molecule has 4 aromatic carbocycles. The summed E-state index contributed by atoms with van der Waals surface area (Å²) in [4.78, 5) is 0.353. The molecule has 1 saturated heterocycles. The zero-order valence-electron chi connectivity index (χ0n) is 21.5. The Balaban J connectivity index is 1.73. The molecule has 1 aliphatic carbocycles. The van der Waals surface area contributed by atoms with E-state index in [0.29, 0.717) is 11.4 Å². The maximum atomic E-state index is 14.4. The van der Waals surface area contributed by atoms with E-state index in [9.17, 15) is 8.42 Å². The van der Waals surface area contributed by atoms with E-state index in [1.807, 2.05) is 43.3 Å². The minimum atomic E-state index is -3.76. The Labute approximate surface area is 220 Å². The van der Waals surface area contributed by atoms with E-state index >= 15 is 0 Å². The van der Waals surface area contributed by atoms with Crippen molar-refractivity contribution in [2.75, 3.05) is 6.54 Å². The molecular weight excluding hydrogens is 474 g/mol. The highest BCUT2D eigenvalue weighted by atomic mass is 32.2. The molecule has 37 heavy (non-hydrogen) atoms. The summed E-state index contributed by atoms with van der Waals surface area (Å²) in [6, 6.07) is 32.5. The molecule has 0 amide bonds. The summed E-state index contributed by atoms with van der Waals surface area (Å²) in [6.45, 7) is 6.73. The molecule has 1 aliphatic heterocycles. The van der Waals surface area contributed by atoms with Crippen LogP contribution < -0.4 is 0 Å². The van der Waals surface area contributed by atoms with Gasteiger partial charge in [0.05, 0.1) is 10.4 Å². The van der Waals surface area contributed by atoms with Crippen LogP contribution in [0.15, 0.2) is 102 Å². The molecule has 1 heterocycles. The van der Waals surface area contributed by atoms with E-state index in [4.69, 9.17) is 0 Å². The molecule has 6 rings (SSSR count). The van der Waals surface area contributed by atoms with Crippen LogP contribution in [0.25, 0.3) is 11.1 Å². The number of sulfonamides is 1. The second-order valence-electron chi connectivity index (χ2n) is 10.3. The summed E-state index contributed by atoms with van der Waals surface area (Å²) < 4.78 is 30.6. The first-order chi connectivity index (χ1) is 17.8. The minimum absolute atomic E-state index is 0.353. The standard InChI is InChI=1S/C33H31NO2S/c1-23-15-17-28(18-16-23)37(35,36)34-20-10-19-33(34)29-22-24(2)21-25(3)30(29)31(26-11-6-4-7-12-26)32(33)27-13-8-5-9-14-27/h4-9,11-18,21-22H,10,19-20H2,1-3H3/t33-/m1/s1. The van der Waals surface area contributed by atoms with Gasteiger partial charge in [0.2, 0.25) is 10.0 Å². The van der Waals surface area contributed by atoms with E-state index < -0.39 is 15.6 Å². The van der Waals surface area contributed by atoms with E-state index in [0.717, 1.165) is 51.8 Å². The molecule has 0 unspecified atom stereocenters. The van der Waals surface area contributed by atoms with Crippen LogP contribution in [0.4, 0.5) is 0 Å². The first kappa shape index (κ1) is 23.9. The molecule has 0 bridgehead atoms. The summed E-state index contributed by atoms with van der Waals surface area (Å²) >= 11 is 0. The third kappa shape index (κ3) is 3.62. The molecular formula is C33H31NO2S. The summed E-state index contributed by atoms with van der Waals surface area (Å²) in [5, 5.41) is 0. The lowest BCUT2D eigenvalue weighted by Gasteiger charge is -2.38. The Kier molecular flexibility index (Phi) is 5.70. The Morgan fingerprint density at radius 3 is 2.00 bits per heavy atom. The van der Waals surface area contributed by atoms with Crippen LogP contribution in [0, 0.1) is 20.8 Å². The zero-order valence-corrected chi connectivity index (χ0v) is 22.3. The molecule has 0 aromatic heterocycles. The summed E-state index contributed by atoms with van der Waals surface area (Å²) in [6.07, 6.45) is 1.55. The van der Waals surface area contributed by atoms with Crippen LogP contribution >= 0.6 is 0 Å². The Morgan fingerprint density at radius 1 is 0.730 bits per heavy atom. The van der Waals surface area contributed by atoms with E-state index in [1.165, 1.54) is 11.1 Å². The average molecular weight is 506 g/mol. The number of aryl methyl sites for hydroxylation is 3. The highest BCUT2D eigenvalue weighted by molar-refractivity contribution is 7.89. The maximum Gasteiger partial charge on any atom is 0.244 e. The van der Waals surface area contributed by atoms with Gasteiger partial charge in [-0.1, -0.05) is 96.1 Å². The van der Waals surface area contributed by atoms with E-state index in [-0.39, 0.29) is 0 Å². The van der Waals surface area contributed by atoms with Crippen molar-refractivity contribution in [2.45, 2.75) is 44.0 Å². The fourth-order valence-corrected chi connectivity index (χ4v) is 8.24. The summed E-state index contributed by atoms with van der Waals surface area (Å²) in [5.41, 5.74) is 9.30. The second kappa shape index (κ2) is 8.83. The molecule has 186 valence electrons. The zero-order chi connectivity index (χ0) is 25.8. The number of hydrogen-bond donors (Lipinski definition) is 0. The number of nitrogens with zero attached hydrogens (tertiary/aromatic N) is 1. The van der Waals surface area contributed by atoms with Crippen LogP contribution in [0.1, 0.15) is 51.8 Å². The van der Waals surface area contributed by atoms with E-state index in [1.54, 1.807) is 16.4 Å². The topological polar surface area (TPSA) is 37.4 Å². The molecule has 2 aliphatic rings. The maximum absolute atomic E-state index is 14.4. The van der Waals surface area contributed by atoms with Gasteiger partial charge in [0, 0.05) is 6.54 Å². The van der Waals surface area contributed by atoms with Crippen molar-refractivity contribution in [3.8, 4) is 0 Å². The lowest BCUT2D eigenvalue weighted by atomic mass is 9.80. The smallest absolute Gasteiger partial charge is 0.207 e. The Hall–Kier alpha value is -3.47. The minimum Gasteiger partial charge on any atom is -0.207 e. The number of hydrogen-bond acceptors (Lipinski definition) is 2. The molecule has 4 aromatic rings. The number of benzene rings is 4. The van der Waals surface area contributed by atoms with Crippen molar-refractivity contribution in [3.05, 3.63) is 136 Å². The molecule has 0 N–H and O–H groups in total. The first-order valence-electron chi connectivity index (χ1n) is 12.9. The van der Waals surface area contributed by atoms with Gasteiger partial charge in [0.1, 0.15) is 0 Å². The van der Waals surface area contributed by atoms with Crippen molar-refractivity contribution in [1.82, 2.24) is 4.31 Å². The Morgan fingerprint density at radius 2 is 1.35 bits per heavy atom. The third-order valence-electron chi connectivity index (χ3n) is 7.90. The van der Waals surface area contributed by atoms with Gasteiger partial charge in [-0.2, -0.15) is 4.31 Å². The lowest BCUT2D eigenvalue weighted by Crippen LogP contribution is -2.45. The molecule has 3 nitrogen and oxygen atoms in total. The summed E-state index contributed by atoms with van der Waals surface area (Å²) in [5.74, 6) is 0. The molecule has 0 saturated carbocycles. The molecule has 0 radical (unpaired) electrons. The molecule has 1 atom stereocenters. The van der Waals surface area contributed by atoms with Crippen molar-refractivity contribution < 1.29 is 8.42 Å². The van der Waals surface area contributed by atoms with Crippen LogP contribution in [-0.4, -0.2) is 19.3 Å². The quantitative estimate of drug-likeness (QED) is 0.293. The highest BCUT2D eigenvalue weighted by Crippen LogP contribution is 2.61. The van der Waals surface area contributed by atoms with Crippen LogP contribution in [0.3, 0.4) is 0 Å². The van der Waals surface area contributed by atoms with Gasteiger partial charge in [0.15, 0.2) is 0 Å². The van der Waals surface area contributed by atoms with Gasteiger partial charge in [-0.15, -0.1) is 0 Å². The fraction of sp³-hybridized carbons (Fsp3) is 0.212. The van der Waals surface area contributed by atoms with Gasteiger partial charge in [-0.3, -0.25) is 0 Å². The lowest BCUT2D eigenvalue weighted by molar-refractivity contribution is 0.324. The summed E-state index contributed by atoms with van der Waals surface area (Å²) in [7, 11) is -3.76. The van der Waals surface area contributed by atoms with Crippen molar-refractivity contribution in [3.63, 3.8) is 0 Å². The average Bonchev–Trinajstić information content (AvgIpc) is 3.47. The predicted octanol–water partition coefficient (Wildman–Crippen LogP) is 7.26. The van der Waals surface area contributed by atoms with E-state index in [2.05, 4.69) is 62.4 Å². The molecule has 4 heteroatoms. The predicted molar refractivity (Wildman–Crippen MR) is 151 cm³/mol. The van der Waals surface area contributed by atoms with Crippen LogP contribution in [0.2, 0.25) is 0 Å². The Bertz CT molecular complexity index is 1620. The number of fused-ring (bicyclic) bond motifs is 2. The SMILES string of the molecule is Cc1ccc(S(=O)(=O)N2CCC[C@@]23C(c2ccccc2)=C(c2ccccc2)c2c(C)cc(C)cc23)cc1. The fourth-order valence-electron chi connectivity index (χ4n) is 6.45. The number of rotatable bonds is 4. The molecule has 1 spiro atoms. The van der Waals surface area contributed by atoms with Crippen molar-refractivity contribution in [1.29, 1.82) is 0 Å². The first-order valence-corrected chi connectivity index (χ1v) is 14.4. The van der Waals surface area contributed by atoms with Gasteiger partial charge in [0.25, 0.3) is 0 Å².